The van der Waals surface area contributed by atoms with E-state index in [-0.39, 0.29) is 0 Å². The van der Waals surface area contributed by atoms with Crippen molar-refractivity contribution in [3.8, 4) is 0 Å². The van der Waals surface area contributed by atoms with Crippen molar-refractivity contribution in [3.63, 3.8) is 0 Å². The predicted octanol–water partition coefficient (Wildman–Crippen LogP) is 6.56. The number of imidazole rings is 1. The van der Waals surface area contributed by atoms with Crippen molar-refractivity contribution in [2.45, 2.75) is 0 Å². The average Bonchev–Trinajstić information content (AvgIpc) is 3.31. The van der Waals surface area contributed by atoms with Gasteiger partial charge in [0.2, 0.25) is 0 Å². The summed E-state index contributed by atoms with van der Waals surface area (Å²) in [5.41, 5.74) is 4.33. The maximum Gasteiger partial charge on any atom is 0.146 e. The lowest BCUT2D eigenvalue weighted by molar-refractivity contribution is 1.30. The molecular formula is C24H13N3S. The topological polar surface area (TPSA) is 30.2 Å². The lowest BCUT2D eigenvalue weighted by atomic mass is 10.1. The quantitative estimate of drug-likeness (QED) is 0.281. The molecule has 0 aliphatic carbocycles. The molecule has 0 atom stereocenters. The van der Waals surface area contributed by atoms with Crippen molar-refractivity contribution in [1.82, 2.24) is 14.4 Å². The molecule has 28 heavy (non-hydrogen) atoms. The first-order chi connectivity index (χ1) is 13.9. The van der Waals surface area contributed by atoms with Gasteiger partial charge in [-0.15, -0.1) is 11.3 Å². The Morgan fingerprint density at radius 3 is 2.57 bits per heavy atom. The Balaban J connectivity index is 1.85. The van der Waals surface area contributed by atoms with Crippen LogP contribution in [0.3, 0.4) is 0 Å². The molecule has 0 bridgehead atoms. The second kappa shape index (κ2) is 5.06. The van der Waals surface area contributed by atoms with Gasteiger partial charge in [0.1, 0.15) is 5.65 Å². The number of benzene rings is 3. The highest BCUT2D eigenvalue weighted by molar-refractivity contribution is 7.25. The van der Waals surface area contributed by atoms with E-state index in [0.29, 0.717) is 0 Å². The van der Waals surface area contributed by atoms with Crippen molar-refractivity contribution in [2.24, 2.45) is 0 Å². The van der Waals surface area contributed by atoms with Gasteiger partial charge in [0, 0.05) is 48.7 Å². The Bertz CT molecular complexity index is 1720. The second-order valence-electron chi connectivity index (χ2n) is 7.14. The van der Waals surface area contributed by atoms with E-state index >= 15 is 0 Å². The van der Waals surface area contributed by atoms with Gasteiger partial charge in [-0.3, -0.25) is 9.38 Å². The molecule has 4 heteroatoms. The number of para-hydroxylation sites is 2. The largest absolute Gasteiger partial charge is 0.292 e. The van der Waals surface area contributed by atoms with Gasteiger partial charge in [-0.25, -0.2) is 4.98 Å². The Kier molecular flexibility index (Phi) is 2.63. The molecule has 130 valence electrons. The number of fused-ring (bicyclic) bond motifs is 11. The summed E-state index contributed by atoms with van der Waals surface area (Å²) in [4.78, 5) is 9.37. The van der Waals surface area contributed by atoms with Gasteiger partial charge < -0.3 is 0 Å². The SMILES string of the molecule is c1ccc2c(c1)nc1c3ccncc3c3cc4sc5ccccc5c4cc3n21. The van der Waals surface area contributed by atoms with E-state index in [1.165, 1.54) is 31.1 Å². The molecule has 0 fully saturated rings. The first kappa shape index (κ1) is 14.5. The van der Waals surface area contributed by atoms with Gasteiger partial charge in [-0.1, -0.05) is 30.3 Å². The van der Waals surface area contributed by atoms with Crippen LogP contribution in [0, 0.1) is 0 Å². The van der Waals surface area contributed by atoms with Crippen LogP contribution >= 0.6 is 11.3 Å². The van der Waals surface area contributed by atoms with Crippen LogP contribution in [0.2, 0.25) is 0 Å². The molecule has 3 nitrogen and oxygen atoms in total. The molecule has 0 saturated heterocycles. The maximum atomic E-state index is 4.96. The fourth-order valence-corrected chi connectivity index (χ4v) is 5.54. The number of hydrogen-bond donors (Lipinski definition) is 0. The normalized spacial score (nSPS) is 12.3. The molecule has 0 spiro atoms. The summed E-state index contributed by atoms with van der Waals surface area (Å²) in [5, 5.41) is 6.13. The van der Waals surface area contributed by atoms with Gasteiger partial charge >= 0.3 is 0 Å². The zero-order valence-corrected chi connectivity index (χ0v) is 15.6. The Labute approximate surface area is 163 Å². The number of rotatable bonds is 0. The lowest BCUT2D eigenvalue weighted by Crippen LogP contribution is -1.92. The van der Waals surface area contributed by atoms with Crippen LogP contribution in [-0.4, -0.2) is 14.4 Å². The van der Waals surface area contributed by atoms with E-state index in [9.17, 15) is 0 Å². The molecule has 0 unspecified atom stereocenters. The van der Waals surface area contributed by atoms with E-state index in [1.807, 2.05) is 29.8 Å². The lowest BCUT2D eigenvalue weighted by Gasteiger charge is -2.09. The number of hydrogen-bond acceptors (Lipinski definition) is 3. The zero-order valence-electron chi connectivity index (χ0n) is 14.8. The summed E-state index contributed by atoms with van der Waals surface area (Å²) >= 11 is 1.85. The molecule has 7 rings (SSSR count). The molecule has 0 saturated carbocycles. The predicted molar refractivity (Wildman–Crippen MR) is 118 cm³/mol. The van der Waals surface area contributed by atoms with Crippen LogP contribution < -0.4 is 0 Å². The smallest absolute Gasteiger partial charge is 0.146 e. The number of nitrogens with zero attached hydrogens (tertiary/aromatic N) is 3. The Hall–Kier alpha value is -3.50. The first-order valence-corrected chi connectivity index (χ1v) is 10.1. The Morgan fingerprint density at radius 1 is 0.679 bits per heavy atom. The molecule has 0 radical (unpaired) electrons. The Morgan fingerprint density at radius 2 is 1.57 bits per heavy atom. The molecule has 0 aliphatic rings. The molecule has 3 aromatic carbocycles. The summed E-state index contributed by atoms with van der Waals surface area (Å²) in [6, 6.07) is 23.7. The number of pyridine rings is 2. The highest BCUT2D eigenvalue weighted by Gasteiger charge is 2.15. The molecule has 4 heterocycles. The molecule has 0 aliphatic heterocycles. The van der Waals surface area contributed by atoms with Crippen LogP contribution in [0.4, 0.5) is 0 Å². The zero-order chi connectivity index (χ0) is 18.2. The van der Waals surface area contributed by atoms with Crippen LogP contribution in [0.5, 0.6) is 0 Å². The number of thiophene rings is 1. The van der Waals surface area contributed by atoms with E-state index < -0.39 is 0 Å². The summed E-state index contributed by atoms with van der Waals surface area (Å²) < 4.78 is 4.93. The third-order valence-electron chi connectivity index (χ3n) is 5.65. The highest BCUT2D eigenvalue weighted by Crippen LogP contribution is 2.39. The first-order valence-electron chi connectivity index (χ1n) is 9.26. The van der Waals surface area contributed by atoms with Crippen molar-refractivity contribution in [3.05, 3.63) is 79.1 Å². The van der Waals surface area contributed by atoms with Gasteiger partial charge in [-0.2, -0.15) is 0 Å². The monoisotopic (exact) mass is 375 g/mol. The van der Waals surface area contributed by atoms with Gasteiger partial charge in [-0.05, 0) is 36.4 Å². The fourth-order valence-electron chi connectivity index (χ4n) is 4.42. The number of aromatic nitrogens is 3. The van der Waals surface area contributed by atoms with Crippen molar-refractivity contribution >= 4 is 69.9 Å². The minimum absolute atomic E-state index is 0.991. The van der Waals surface area contributed by atoms with Gasteiger partial charge in [0.15, 0.2) is 0 Å². The minimum atomic E-state index is 0.991. The summed E-state index contributed by atoms with van der Waals surface area (Å²) in [7, 11) is 0. The molecule has 7 aromatic rings. The summed E-state index contributed by atoms with van der Waals surface area (Å²) in [6.07, 6.45) is 3.82. The van der Waals surface area contributed by atoms with Crippen LogP contribution in [0.25, 0.3) is 58.5 Å². The highest BCUT2D eigenvalue weighted by atomic mass is 32.1. The summed E-state index contributed by atoms with van der Waals surface area (Å²) in [5.74, 6) is 0. The van der Waals surface area contributed by atoms with Crippen LogP contribution in [0.1, 0.15) is 0 Å². The van der Waals surface area contributed by atoms with E-state index in [1.54, 1.807) is 0 Å². The van der Waals surface area contributed by atoms with E-state index in [2.05, 4.69) is 70.0 Å². The second-order valence-corrected chi connectivity index (χ2v) is 8.23. The van der Waals surface area contributed by atoms with Crippen LogP contribution in [-0.2, 0) is 0 Å². The fraction of sp³-hybridized carbons (Fsp3) is 0. The van der Waals surface area contributed by atoms with E-state index in [0.717, 1.165) is 27.5 Å². The van der Waals surface area contributed by atoms with Crippen LogP contribution in [0.15, 0.2) is 79.1 Å². The molecular weight excluding hydrogens is 362 g/mol. The summed E-state index contributed by atoms with van der Waals surface area (Å²) in [6.45, 7) is 0. The average molecular weight is 375 g/mol. The molecule has 4 aromatic heterocycles. The molecule has 0 N–H and O–H groups in total. The van der Waals surface area contributed by atoms with Gasteiger partial charge in [0.25, 0.3) is 0 Å². The van der Waals surface area contributed by atoms with E-state index in [4.69, 9.17) is 4.98 Å². The third-order valence-corrected chi connectivity index (χ3v) is 6.78. The van der Waals surface area contributed by atoms with Gasteiger partial charge in [0.05, 0.1) is 16.6 Å². The molecule has 0 amide bonds. The third kappa shape index (κ3) is 1.73. The van der Waals surface area contributed by atoms with Crippen molar-refractivity contribution in [2.75, 3.05) is 0 Å². The minimum Gasteiger partial charge on any atom is -0.292 e. The maximum absolute atomic E-state index is 4.96. The van der Waals surface area contributed by atoms with Crippen molar-refractivity contribution < 1.29 is 0 Å². The standard InChI is InChI=1S/C24H13N3S/c1-4-8-22-14(5-1)17-11-21-16(12-23(17)28-22)18-13-25-10-9-15(18)24-26-19-6-2-3-7-20(19)27(21)24/h1-13H. The van der Waals surface area contributed by atoms with Crippen molar-refractivity contribution in [1.29, 1.82) is 0 Å².